The second-order valence-corrected chi connectivity index (χ2v) is 41.9. The summed E-state index contributed by atoms with van der Waals surface area (Å²) in [5, 5.41) is 56.6. The van der Waals surface area contributed by atoms with E-state index in [2.05, 4.69) is 72.8 Å². The number of carbonyl (C=O) groups is 12. The first-order valence-corrected chi connectivity index (χ1v) is 51.6. The Morgan fingerprint density at radius 3 is 0.846 bits per heavy atom. The molecule has 0 unspecified atom stereocenters. The lowest BCUT2D eigenvalue weighted by Crippen LogP contribution is -2.44. The monoisotopic (exact) mass is 2000 g/mol. The van der Waals surface area contributed by atoms with Crippen LogP contribution in [0, 0.1) is 92.7 Å². The molecule has 0 spiro atoms. The van der Waals surface area contributed by atoms with Gasteiger partial charge >= 0.3 is 0 Å². The third kappa shape index (κ3) is 34.3. The molecule has 0 bridgehead atoms. The summed E-state index contributed by atoms with van der Waals surface area (Å²) in [5.41, 5.74) is 3.05. The number of hydrogen-bond acceptors (Lipinski definition) is 24. The van der Waals surface area contributed by atoms with Crippen LogP contribution >= 0.6 is 91.8 Å². The summed E-state index contributed by atoms with van der Waals surface area (Å²) in [4.78, 5) is 170. The number of fused-ring (bicyclic) bond motifs is 4. The average molecular weight is 2000 g/mol. The van der Waals surface area contributed by atoms with Gasteiger partial charge in [-0.15, -0.1) is 45.3 Å². The predicted octanol–water partition coefficient (Wildman–Crippen LogP) is 21.1. The Bertz CT molecular complexity index is 5690. The molecule has 0 saturated heterocycles. The van der Waals surface area contributed by atoms with Crippen molar-refractivity contribution in [1.82, 2.24) is 46.5 Å². The molecule has 33 heteroatoms. The van der Waals surface area contributed by atoms with Gasteiger partial charge in [0.15, 0.2) is 23.1 Å². The van der Waals surface area contributed by atoms with Gasteiger partial charge < -0.3 is 31.4 Å². The summed E-state index contributed by atoms with van der Waals surface area (Å²) >= 11 is 30.3. The largest absolute Gasteiger partial charge is 0.359 e. The van der Waals surface area contributed by atoms with Gasteiger partial charge in [-0.05, 0) is 187 Å². The lowest BCUT2D eigenvalue weighted by Gasteiger charge is -2.27. The molecule has 12 rings (SSSR count). The van der Waals surface area contributed by atoms with E-state index < -0.39 is 23.7 Å². The summed E-state index contributed by atoms with van der Waals surface area (Å²) in [7, 11) is 1.55. The predicted molar refractivity (Wildman–Crippen MR) is 537 cm³/mol. The summed E-state index contributed by atoms with van der Waals surface area (Å²) in [6.45, 7) is 19.2. The van der Waals surface area contributed by atoms with Crippen molar-refractivity contribution in [1.29, 1.82) is 21.0 Å². The minimum atomic E-state index is -0.593. The number of nitriles is 4. The summed E-state index contributed by atoms with van der Waals surface area (Å²) in [6, 6.07) is 28.4. The number of halogens is 4. The molecule has 4 fully saturated rings. The van der Waals surface area contributed by atoms with E-state index in [1.54, 1.807) is 56.4 Å². The highest BCUT2D eigenvalue weighted by Crippen LogP contribution is 2.38. The minimum absolute atomic E-state index is 0.0298. The zero-order valence-electron chi connectivity index (χ0n) is 77.6. The Morgan fingerprint density at radius 2 is 0.618 bits per heavy atom. The Kier molecular flexibility index (Phi) is 44.3. The van der Waals surface area contributed by atoms with Crippen LogP contribution in [-0.4, -0.2) is 121 Å². The maximum Gasteiger partial charge on any atom is 0.224 e. The molecule has 4 aliphatic rings. The number of Topliss-reactive ketones (excluding diaryl/α,β-unsaturated/α-hetero) is 7. The van der Waals surface area contributed by atoms with Crippen LogP contribution in [0.25, 0.3) is 40.9 Å². The van der Waals surface area contributed by atoms with Crippen LogP contribution in [-0.2, 0) is 83.2 Å². The number of nitrogens with one attached hydrogen (secondary N) is 5. The van der Waals surface area contributed by atoms with Crippen molar-refractivity contribution in [3.8, 4) is 24.3 Å². The Labute approximate surface area is 831 Å². The van der Waals surface area contributed by atoms with E-state index in [0.717, 1.165) is 170 Å². The number of hydrogen-bond donors (Lipinski definition) is 5. The average Bonchev–Trinajstić information content (AvgIpc) is 1.69. The Hall–Kier alpha value is -10.4. The number of benzene rings is 4. The number of carbonyl (C=O) groups excluding carboxylic acids is 12. The number of rotatable bonds is 47. The standard InChI is InChI=1S/C27H32ClN3O3S.C26H30ClN3O3S.C25H29ClN4O3S.C25H28ClN3O3S/c1-3-6-21(32)13-19(14-26-30-23-10-9-20(28)15-25(23)35-26)27(34)31-22(18-7-4-5-8-18)11-12-24(33)17(2)16-29;1-3-20(31)12-18(13-25-29-22-9-8-19(27)14-24(22)34-25)26(33)30-21(17-6-4-5-7-17)10-11-23(32)16(2)15-28;1-15(14-27)21(31)10-9-19(16-5-3-4-6-16)30-25(33)17(11-23(32)28-2)12-24-29-20-8-7-18(26)13-22(20)34-24;1-15(14-27)22(31)10-9-20(17-5-3-4-6-17)29-25(32)18(11-16(2)30)12-24-28-21-8-7-19(26)13-23(21)33-24/h9-10,15,18-19,22H,2-8,11-14H2,1H3,(H,31,34);8-9,14,17-18,21H,2-7,10-13H2,1H3,(H,30,33);7-8,13,16-17,19H,1,3-6,9-12H2,2H3,(H,28,32)(H,30,33);7-8,13,17-18,20H,1,3-6,9-12H2,2H3,(H,29,32)/t19-,22+;18-,21+;17-,19+;18-,20+/m0000/s1. The van der Waals surface area contributed by atoms with Crippen molar-refractivity contribution in [3.63, 3.8) is 0 Å². The zero-order valence-corrected chi connectivity index (χ0v) is 83.8. The van der Waals surface area contributed by atoms with E-state index in [9.17, 15) is 57.5 Å². The Balaban J connectivity index is 0.000000203. The van der Waals surface area contributed by atoms with Crippen molar-refractivity contribution >= 4 is 203 Å². The van der Waals surface area contributed by atoms with Crippen LogP contribution < -0.4 is 26.6 Å². The molecule has 4 aromatic heterocycles. The Morgan fingerprint density at radius 1 is 0.375 bits per heavy atom. The third-order valence-electron chi connectivity index (χ3n) is 25.7. The highest BCUT2D eigenvalue weighted by atomic mass is 35.5. The van der Waals surface area contributed by atoms with Crippen molar-refractivity contribution in [2.75, 3.05) is 7.05 Å². The maximum absolute atomic E-state index is 13.5. The highest BCUT2D eigenvalue weighted by Gasteiger charge is 2.37. The lowest BCUT2D eigenvalue weighted by molar-refractivity contribution is -0.131. The molecule has 5 amide bonds. The summed E-state index contributed by atoms with van der Waals surface area (Å²) in [5.74, 6) is -3.14. The molecule has 4 aliphatic carbocycles. The van der Waals surface area contributed by atoms with Gasteiger partial charge in [0, 0.05) is 141 Å². The van der Waals surface area contributed by atoms with Gasteiger partial charge in [0.1, 0.15) is 41.6 Å². The van der Waals surface area contributed by atoms with Gasteiger partial charge in [0.2, 0.25) is 29.5 Å². The molecule has 0 aliphatic heterocycles. The van der Waals surface area contributed by atoms with Gasteiger partial charge in [-0.1, -0.05) is 138 Å². The fourth-order valence-corrected chi connectivity index (χ4v) is 23.4. The van der Waals surface area contributed by atoms with Crippen molar-refractivity contribution < 1.29 is 57.5 Å². The number of ketones is 7. The second kappa shape index (κ2) is 55.2. The maximum atomic E-state index is 13.5. The topological polar surface area (TPSA) is 412 Å². The molecule has 25 nitrogen and oxygen atoms in total. The third-order valence-corrected chi connectivity index (χ3v) is 30.8. The van der Waals surface area contributed by atoms with E-state index in [1.807, 2.05) is 61.5 Å². The number of thiazole rings is 4. The second-order valence-electron chi connectivity index (χ2n) is 35.7. The smallest absolute Gasteiger partial charge is 0.224 e. The van der Waals surface area contributed by atoms with Gasteiger partial charge in [-0.3, -0.25) is 52.7 Å². The molecule has 4 heterocycles. The normalized spacial score (nSPS) is 15.5. The van der Waals surface area contributed by atoms with E-state index >= 15 is 0 Å². The first kappa shape index (κ1) is 109. The van der Waals surface area contributed by atoms with Crippen LogP contribution in [0.5, 0.6) is 0 Å². The van der Waals surface area contributed by atoms with Gasteiger partial charge in [0.05, 0.1) is 107 Å². The molecule has 8 aromatic rings. The molecule has 5 N–H and O–H groups in total. The van der Waals surface area contributed by atoms with Crippen molar-refractivity contribution in [2.45, 2.75) is 270 Å². The van der Waals surface area contributed by atoms with Gasteiger partial charge in [0.25, 0.3) is 0 Å². The van der Waals surface area contributed by atoms with Crippen LogP contribution in [0.3, 0.4) is 0 Å². The molecule has 720 valence electrons. The van der Waals surface area contributed by atoms with Crippen LogP contribution in [0.15, 0.2) is 121 Å². The van der Waals surface area contributed by atoms with Gasteiger partial charge in [-0.2, -0.15) is 21.0 Å². The van der Waals surface area contributed by atoms with E-state index in [-0.39, 0.29) is 174 Å². The fourth-order valence-electron chi connectivity index (χ4n) is 18.1. The van der Waals surface area contributed by atoms with Gasteiger partial charge in [-0.25, -0.2) is 19.9 Å². The number of amides is 5. The molecule has 8 atom stereocenters. The molecule has 4 saturated carbocycles. The first-order valence-electron chi connectivity index (χ1n) is 46.8. The molecule has 136 heavy (non-hydrogen) atoms. The number of allylic oxidation sites excluding steroid dienone is 4. The molecular weight excluding hydrogens is 1880 g/mol. The van der Waals surface area contributed by atoms with Crippen LogP contribution in [0.2, 0.25) is 20.1 Å². The molecule has 4 aromatic carbocycles. The SMILES string of the molecule is C=C(C#N)C(=O)CC[C@@H](NC(=O)[C@@H](CC(=O)CC)Cc1nc2ccc(Cl)cc2s1)C1CCCC1.C=C(C#N)C(=O)CC[C@@H](NC(=O)[C@@H](CC(=O)CCC)Cc1nc2ccc(Cl)cc2s1)C1CCCC1.C=C(C#N)C(=O)CC[C@@H](NC(=O)[C@@H](CC(=O)NC)Cc1nc2ccc(Cl)cc2s1)C1CCCC1.C=C(C#N)C(=O)CC[C@@H](NC(=O)[C@@H](CC(C)=O)Cc1nc2ccc(Cl)cc2s1)C1CCCC1. The van der Waals surface area contributed by atoms with Crippen molar-refractivity contribution in [2.24, 2.45) is 47.3 Å². The van der Waals surface area contributed by atoms with E-state index in [1.165, 1.54) is 52.3 Å². The highest BCUT2D eigenvalue weighted by molar-refractivity contribution is 7.19. The first-order chi connectivity index (χ1) is 65.2. The number of aromatic nitrogens is 4. The van der Waals surface area contributed by atoms with Crippen LogP contribution in [0.1, 0.15) is 240 Å². The van der Waals surface area contributed by atoms with Crippen molar-refractivity contribution in [3.05, 3.63) is 162 Å². The summed E-state index contributed by atoms with van der Waals surface area (Å²) in [6.07, 6.45) is 22.7. The van der Waals surface area contributed by atoms with E-state index in [4.69, 9.17) is 67.5 Å². The zero-order chi connectivity index (χ0) is 98.7. The van der Waals surface area contributed by atoms with E-state index in [0.29, 0.717) is 102 Å². The minimum Gasteiger partial charge on any atom is -0.359 e. The quantitative estimate of drug-likeness (QED) is 0.0175. The number of nitrogens with zero attached hydrogens (tertiary/aromatic N) is 8. The molecule has 0 radical (unpaired) electrons. The summed E-state index contributed by atoms with van der Waals surface area (Å²) < 4.78 is 3.77. The molecular formula is C103H119Cl4N13O12S4. The van der Waals surface area contributed by atoms with Crippen LogP contribution in [0.4, 0.5) is 0 Å². The fraction of sp³-hybridized carbons (Fsp3) is 0.495. The lowest BCUT2D eigenvalue weighted by atomic mass is 9.90.